The van der Waals surface area contributed by atoms with Crippen molar-refractivity contribution in [3.05, 3.63) is 34.8 Å². The Hall–Kier alpha value is -2.08. The molecule has 0 aliphatic rings. The zero-order valence-corrected chi connectivity index (χ0v) is 10.7. The summed E-state index contributed by atoms with van der Waals surface area (Å²) in [5.74, 6) is -0.211. The fourth-order valence-electron chi connectivity index (χ4n) is 1.36. The lowest BCUT2D eigenvalue weighted by Crippen LogP contribution is -1.98. The third-order valence-electron chi connectivity index (χ3n) is 2.21. The molecular formula is C12H11NO4S. The molecule has 0 radical (unpaired) electrons. The van der Waals surface area contributed by atoms with Gasteiger partial charge in [0, 0.05) is 5.38 Å². The lowest BCUT2D eigenvalue weighted by Gasteiger charge is -2.08. The molecular weight excluding hydrogens is 254 g/mol. The summed E-state index contributed by atoms with van der Waals surface area (Å²) in [5.41, 5.74) is 0.988. The summed E-state index contributed by atoms with van der Waals surface area (Å²) < 4.78 is 10.6. The summed E-state index contributed by atoms with van der Waals surface area (Å²) in [6, 6.07) is 4.43. The molecule has 0 amide bonds. The highest BCUT2D eigenvalue weighted by Gasteiger charge is 2.12. The molecule has 0 fully saturated rings. The molecule has 0 unspecified atom stereocenters. The number of carboxylic acid groups (broad SMARTS) is 1. The molecule has 94 valence electrons. The van der Waals surface area contributed by atoms with E-state index in [-0.39, 0.29) is 5.56 Å². The SMILES string of the molecule is COc1ccc(C(=O)O)cc1Oc1nc(C)cs1. The van der Waals surface area contributed by atoms with Crippen LogP contribution in [0.2, 0.25) is 0 Å². The van der Waals surface area contributed by atoms with Crippen LogP contribution in [-0.4, -0.2) is 23.2 Å². The van der Waals surface area contributed by atoms with E-state index in [2.05, 4.69) is 4.98 Å². The largest absolute Gasteiger partial charge is 0.493 e. The van der Waals surface area contributed by atoms with Gasteiger partial charge in [0.15, 0.2) is 11.5 Å². The summed E-state index contributed by atoms with van der Waals surface area (Å²) in [7, 11) is 1.50. The average molecular weight is 265 g/mol. The molecule has 0 atom stereocenters. The minimum atomic E-state index is -1.02. The number of thiazole rings is 1. The van der Waals surface area contributed by atoms with Crippen molar-refractivity contribution in [2.24, 2.45) is 0 Å². The Morgan fingerprint density at radius 2 is 2.17 bits per heavy atom. The zero-order chi connectivity index (χ0) is 13.1. The van der Waals surface area contributed by atoms with Crippen LogP contribution in [-0.2, 0) is 0 Å². The van der Waals surface area contributed by atoms with Crippen molar-refractivity contribution >= 4 is 17.3 Å². The van der Waals surface area contributed by atoms with E-state index >= 15 is 0 Å². The van der Waals surface area contributed by atoms with Crippen LogP contribution in [0.15, 0.2) is 23.6 Å². The molecule has 18 heavy (non-hydrogen) atoms. The molecule has 0 spiro atoms. The maximum absolute atomic E-state index is 10.9. The topological polar surface area (TPSA) is 68.7 Å². The number of aromatic carboxylic acids is 1. The van der Waals surface area contributed by atoms with Crippen molar-refractivity contribution in [2.75, 3.05) is 7.11 Å². The molecule has 1 aromatic carbocycles. The second kappa shape index (κ2) is 5.05. The number of hydrogen-bond acceptors (Lipinski definition) is 5. The van der Waals surface area contributed by atoms with E-state index in [1.54, 1.807) is 6.07 Å². The summed E-state index contributed by atoms with van der Waals surface area (Å²) >= 11 is 1.34. The molecule has 6 heteroatoms. The van der Waals surface area contributed by atoms with Gasteiger partial charge in [-0.15, -0.1) is 0 Å². The van der Waals surface area contributed by atoms with Gasteiger partial charge in [-0.2, -0.15) is 0 Å². The van der Waals surface area contributed by atoms with E-state index < -0.39 is 5.97 Å². The first kappa shape index (κ1) is 12.4. The highest BCUT2D eigenvalue weighted by Crippen LogP contribution is 2.33. The fraction of sp³-hybridized carbons (Fsp3) is 0.167. The number of nitrogens with zero attached hydrogens (tertiary/aromatic N) is 1. The maximum Gasteiger partial charge on any atom is 0.335 e. The second-order valence-corrected chi connectivity index (χ2v) is 4.35. The van der Waals surface area contributed by atoms with E-state index in [0.717, 1.165) is 5.69 Å². The standard InChI is InChI=1S/C12H11NO4S/c1-7-6-18-12(13-7)17-10-5-8(11(14)15)3-4-9(10)16-2/h3-6H,1-2H3,(H,14,15). The molecule has 1 aromatic heterocycles. The van der Waals surface area contributed by atoms with Crippen LogP contribution in [0.3, 0.4) is 0 Å². The van der Waals surface area contributed by atoms with Gasteiger partial charge in [0.05, 0.1) is 18.4 Å². The highest BCUT2D eigenvalue weighted by molar-refractivity contribution is 7.11. The quantitative estimate of drug-likeness (QED) is 0.920. The first-order valence-corrected chi connectivity index (χ1v) is 5.99. The number of rotatable bonds is 4. The van der Waals surface area contributed by atoms with Gasteiger partial charge in [-0.05, 0) is 25.1 Å². The lowest BCUT2D eigenvalue weighted by molar-refractivity contribution is 0.0696. The van der Waals surface area contributed by atoms with Crippen LogP contribution >= 0.6 is 11.3 Å². The Balaban J connectivity index is 2.35. The minimum absolute atomic E-state index is 0.138. The van der Waals surface area contributed by atoms with Crippen molar-refractivity contribution < 1.29 is 19.4 Å². The van der Waals surface area contributed by atoms with Crippen LogP contribution < -0.4 is 9.47 Å². The van der Waals surface area contributed by atoms with Crippen molar-refractivity contribution in [1.82, 2.24) is 4.98 Å². The number of carboxylic acids is 1. The van der Waals surface area contributed by atoms with E-state index in [1.165, 1.54) is 30.6 Å². The van der Waals surface area contributed by atoms with Gasteiger partial charge < -0.3 is 14.6 Å². The number of methoxy groups -OCH3 is 1. The number of ether oxygens (including phenoxy) is 2. The first-order chi connectivity index (χ1) is 8.60. The second-order valence-electron chi connectivity index (χ2n) is 3.53. The van der Waals surface area contributed by atoms with Gasteiger partial charge in [0.25, 0.3) is 5.19 Å². The van der Waals surface area contributed by atoms with Crippen molar-refractivity contribution in [2.45, 2.75) is 6.92 Å². The maximum atomic E-state index is 10.9. The molecule has 0 saturated heterocycles. The summed E-state index contributed by atoms with van der Waals surface area (Å²) in [5, 5.41) is 11.2. The van der Waals surface area contributed by atoms with Crippen LogP contribution in [0.4, 0.5) is 0 Å². The number of aromatic nitrogens is 1. The molecule has 0 aliphatic carbocycles. The zero-order valence-electron chi connectivity index (χ0n) is 9.84. The van der Waals surface area contributed by atoms with Gasteiger partial charge in [-0.3, -0.25) is 0 Å². The molecule has 5 nitrogen and oxygen atoms in total. The van der Waals surface area contributed by atoms with Gasteiger partial charge in [-0.25, -0.2) is 9.78 Å². The molecule has 1 heterocycles. The van der Waals surface area contributed by atoms with Crippen molar-refractivity contribution in [3.8, 4) is 16.7 Å². The number of aryl methyl sites for hydroxylation is 1. The van der Waals surface area contributed by atoms with Gasteiger partial charge >= 0.3 is 5.97 Å². The van der Waals surface area contributed by atoms with E-state index in [0.29, 0.717) is 16.7 Å². The summed E-state index contributed by atoms with van der Waals surface area (Å²) in [6.07, 6.45) is 0. The van der Waals surface area contributed by atoms with Crippen LogP contribution in [0.5, 0.6) is 16.7 Å². The van der Waals surface area contributed by atoms with E-state index in [1.807, 2.05) is 12.3 Å². The first-order valence-electron chi connectivity index (χ1n) is 5.11. The van der Waals surface area contributed by atoms with Crippen molar-refractivity contribution in [3.63, 3.8) is 0 Å². The van der Waals surface area contributed by atoms with E-state index in [4.69, 9.17) is 14.6 Å². The Morgan fingerprint density at radius 1 is 1.39 bits per heavy atom. The molecule has 0 aliphatic heterocycles. The molecule has 0 saturated carbocycles. The Morgan fingerprint density at radius 3 is 2.72 bits per heavy atom. The third kappa shape index (κ3) is 2.60. The third-order valence-corrected chi connectivity index (χ3v) is 3.04. The van der Waals surface area contributed by atoms with Crippen LogP contribution in [0.25, 0.3) is 0 Å². The van der Waals surface area contributed by atoms with Crippen LogP contribution in [0, 0.1) is 6.92 Å². The predicted octanol–water partition coefficient (Wildman–Crippen LogP) is 2.95. The van der Waals surface area contributed by atoms with Gasteiger partial charge in [0.2, 0.25) is 0 Å². The highest BCUT2D eigenvalue weighted by atomic mass is 32.1. The molecule has 2 rings (SSSR count). The Labute approximate surface area is 108 Å². The van der Waals surface area contributed by atoms with E-state index in [9.17, 15) is 4.79 Å². The van der Waals surface area contributed by atoms with Crippen LogP contribution in [0.1, 0.15) is 16.1 Å². The predicted molar refractivity (Wildman–Crippen MR) is 66.9 cm³/mol. The smallest absolute Gasteiger partial charge is 0.335 e. The summed E-state index contributed by atoms with van der Waals surface area (Å²) in [4.78, 5) is 15.0. The normalized spacial score (nSPS) is 10.1. The average Bonchev–Trinajstić information content (AvgIpc) is 2.74. The number of benzene rings is 1. The number of hydrogen-bond donors (Lipinski definition) is 1. The monoisotopic (exact) mass is 265 g/mol. The Kier molecular flexibility index (Phi) is 3.47. The minimum Gasteiger partial charge on any atom is -0.493 e. The molecule has 0 bridgehead atoms. The fourth-order valence-corrected chi connectivity index (χ4v) is 2.02. The van der Waals surface area contributed by atoms with Gasteiger partial charge in [-0.1, -0.05) is 11.3 Å². The molecule has 2 aromatic rings. The number of carbonyl (C=O) groups is 1. The lowest BCUT2D eigenvalue weighted by atomic mass is 10.2. The van der Waals surface area contributed by atoms with Crippen molar-refractivity contribution in [1.29, 1.82) is 0 Å². The Bertz CT molecular complexity index is 579. The van der Waals surface area contributed by atoms with Gasteiger partial charge in [0.1, 0.15) is 0 Å². The molecule has 1 N–H and O–H groups in total. The summed E-state index contributed by atoms with van der Waals surface area (Å²) in [6.45, 7) is 1.86.